The summed E-state index contributed by atoms with van der Waals surface area (Å²) in [6.45, 7) is 1.98. The Balaban J connectivity index is 2.72. The highest BCUT2D eigenvalue weighted by Gasteiger charge is 2.11. The fourth-order valence-corrected chi connectivity index (χ4v) is 1.43. The van der Waals surface area contributed by atoms with Gasteiger partial charge in [0.1, 0.15) is 11.8 Å². The third kappa shape index (κ3) is 3.40. The Bertz CT molecular complexity index is 381. The van der Waals surface area contributed by atoms with Crippen LogP contribution in [0.4, 0.5) is 0 Å². The van der Waals surface area contributed by atoms with Gasteiger partial charge in [-0.1, -0.05) is 11.6 Å². The molecule has 0 aliphatic carbocycles. The molecule has 0 unspecified atom stereocenters. The number of rotatable bonds is 5. The third-order valence-corrected chi connectivity index (χ3v) is 2.45. The summed E-state index contributed by atoms with van der Waals surface area (Å²) < 4.78 is 5.15. The van der Waals surface area contributed by atoms with Crippen molar-refractivity contribution in [2.24, 2.45) is 0 Å². The van der Waals surface area contributed by atoms with Crippen molar-refractivity contribution in [3.05, 3.63) is 28.8 Å². The number of benzene rings is 1. The number of carbonyl (C=O) groups is 1. The Labute approximate surface area is 99.2 Å². The maximum Gasteiger partial charge on any atom is 0.320 e. The Hall–Kier alpha value is -1.26. The van der Waals surface area contributed by atoms with Crippen LogP contribution in [0.1, 0.15) is 12.5 Å². The summed E-state index contributed by atoms with van der Waals surface area (Å²) in [5.41, 5.74) is 0.836. The molecule has 16 heavy (non-hydrogen) atoms. The van der Waals surface area contributed by atoms with Crippen LogP contribution in [0.3, 0.4) is 0 Å². The van der Waals surface area contributed by atoms with E-state index >= 15 is 0 Å². The van der Waals surface area contributed by atoms with E-state index in [1.807, 2.05) is 0 Å². The second-order valence-corrected chi connectivity index (χ2v) is 3.83. The summed E-state index contributed by atoms with van der Waals surface area (Å²) in [6.07, 6.45) is 0. The monoisotopic (exact) mass is 243 g/mol. The van der Waals surface area contributed by atoms with Gasteiger partial charge in [0.2, 0.25) is 0 Å². The molecule has 0 aliphatic rings. The van der Waals surface area contributed by atoms with Gasteiger partial charge in [-0.15, -0.1) is 0 Å². The summed E-state index contributed by atoms with van der Waals surface area (Å²) in [5.74, 6) is -0.199. The fraction of sp³-hybridized carbons (Fsp3) is 0.364. The molecular formula is C11H14ClNO3. The van der Waals surface area contributed by atoms with Gasteiger partial charge in [0, 0.05) is 17.1 Å². The molecule has 0 heterocycles. The summed E-state index contributed by atoms with van der Waals surface area (Å²) in [7, 11) is 1.56. The topological polar surface area (TPSA) is 58.6 Å². The summed E-state index contributed by atoms with van der Waals surface area (Å²) in [4.78, 5) is 10.6. The lowest BCUT2D eigenvalue weighted by Crippen LogP contribution is -2.33. The van der Waals surface area contributed by atoms with E-state index in [2.05, 4.69) is 5.32 Å². The standard InChI is InChI=1S/C11H14ClNO3/c1-7(11(14)15)13-6-8-5-9(12)3-4-10(8)16-2/h3-5,7,13H,6H2,1-2H3,(H,14,15)/t7-/m1/s1. The first-order chi connectivity index (χ1) is 7.54. The predicted molar refractivity (Wildman–Crippen MR) is 61.9 cm³/mol. The molecule has 5 heteroatoms. The maximum atomic E-state index is 10.6. The lowest BCUT2D eigenvalue weighted by Gasteiger charge is -2.12. The van der Waals surface area contributed by atoms with Gasteiger partial charge >= 0.3 is 5.97 Å². The molecule has 0 spiro atoms. The number of carboxylic acid groups (broad SMARTS) is 1. The first kappa shape index (κ1) is 12.8. The van der Waals surface area contributed by atoms with Crippen LogP contribution >= 0.6 is 11.6 Å². The number of aliphatic carboxylic acids is 1. The Morgan fingerprint density at radius 3 is 2.88 bits per heavy atom. The number of nitrogens with one attached hydrogen (secondary N) is 1. The SMILES string of the molecule is COc1ccc(Cl)cc1CN[C@H](C)C(=O)O. The highest BCUT2D eigenvalue weighted by atomic mass is 35.5. The summed E-state index contributed by atoms with van der Waals surface area (Å²) in [5, 5.41) is 12.2. The molecule has 0 amide bonds. The quantitative estimate of drug-likeness (QED) is 0.830. The lowest BCUT2D eigenvalue weighted by molar-refractivity contribution is -0.139. The molecule has 1 atom stereocenters. The normalized spacial score (nSPS) is 12.2. The number of hydrogen-bond acceptors (Lipinski definition) is 3. The highest BCUT2D eigenvalue weighted by Crippen LogP contribution is 2.22. The van der Waals surface area contributed by atoms with Gasteiger partial charge in [0.25, 0.3) is 0 Å². The van der Waals surface area contributed by atoms with Crippen LogP contribution in [0.25, 0.3) is 0 Å². The van der Waals surface area contributed by atoms with Gasteiger partial charge in [-0.25, -0.2) is 0 Å². The molecule has 0 aliphatic heterocycles. The van der Waals surface area contributed by atoms with Crippen LogP contribution in [0, 0.1) is 0 Å². The number of methoxy groups -OCH3 is 1. The highest BCUT2D eigenvalue weighted by molar-refractivity contribution is 6.30. The van der Waals surface area contributed by atoms with Gasteiger partial charge in [-0.2, -0.15) is 0 Å². The second kappa shape index (κ2) is 5.72. The molecule has 4 nitrogen and oxygen atoms in total. The lowest BCUT2D eigenvalue weighted by atomic mass is 10.2. The van der Waals surface area contributed by atoms with E-state index in [1.54, 1.807) is 32.2 Å². The Kier molecular flexibility index (Phi) is 4.58. The van der Waals surface area contributed by atoms with E-state index in [4.69, 9.17) is 21.4 Å². The zero-order chi connectivity index (χ0) is 12.1. The smallest absolute Gasteiger partial charge is 0.320 e. The maximum absolute atomic E-state index is 10.6. The minimum Gasteiger partial charge on any atom is -0.496 e. The van der Waals surface area contributed by atoms with Crippen molar-refractivity contribution in [3.8, 4) is 5.75 Å². The molecule has 0 saturated heterocycles. The molecule has 88 valence electrons. The zero-order valence-corrected chi connectivity index (χ0v) is 9.91. The van der Waals surface area contributed by atoms with Crippen molar-refractivity contribution in [2.75, 3.05) is 7.11 Å². The van der Waals surface area contributed by atoms with E-state index in [0.717, 1.165) is 5.56 Å². The van der Waals surface area contributed by atoms with E-state index in [-0.39, 0.29) is 0 Å². The molecule has 0 saturated carbocycles. The number of halogens is 1. The van der Waals surface area contributed by atoms with Crippen molar-refractivity contribution in [1.29, 1.82) is 0 Å². The molecule has 0 aromatic heterocycles. The number of carboxylic acids is 1. The molecule has 1 aromatic rings. The molecule has 0 radical (unpaired) electrons. The molecular weight excluding hydrogens is 230 g/mol. The van der Waals surface area contributed by atoms with E-state index in [0.29, 0.717) is 17.3 Å². The van der Waals surface area contributed by atoms with E-state index < -0.39 is 12.0 Å². The first-order valence-corrected chi connectivity index (χ1v) is 5.21. The van der Waals surface area contributed by atoms with Gasteiger partial charge < -0.3 is 15.2 Å². The predicted octanol–water partition coefficient (Wildman–Crippen LogP) is 1.91. The molecule has 0 fully saturated rings. The van der Waals surface area contributed by atoms with Gasteiger partial charge in [0.05, 0.1) is 7.11 Å². The van der Waals surface area contributed by atoms with Crippen molar-refractivity contribution >= 4 is 17.6 Å². The Morgan fingerprint density at radius 2 is 2.31 bits per heavy atom. The minimum absolute atomic E-state index is 0.400. The van der Waals surface area contributed by atoms with Crippen molar-refractivity contribution in [3.63, 3.8) is 0 Å². The van der Waals surface area contributed by atoms with Crippen molar-refractivity contribution < 1.29 is 14.6 Å². The summed E-state index contributed by atoms with van der Waals surface area (Å²) in [6, 6.07) is 4.63. The fourth-order valence-electron chi connectivity index (χ4n) is 1.24. The summed E-state index contributed by atoms with van der Waals surface area (Å²) >= 11 is 5.85. The average Bonchev–Trinajstić information content (AvgIpc) is 2.25. The van der Waals surface area contributed by atoms with Crippen LogP contribution in [0.5, 0.6) is 5.75 Å². The molecule has 2 N–H and O–H groups in total. The van der Waals surface area contributed by atoms with Gasteiger partial charge in [-0.05, 0) is 25.1 Å². The largest absolute Gasteiger partial charge is 0.496 e. The minimum atomic E-state index is -0.888. The molecule has 0 bridgehead atoms. The van der Waals surface area contributed by atoms with Crippen LogP contribution in [-0.2, 0) is 11.3 Å². The van der Waals surface area contributed by atoms with Crippen LogP contribution < -0.4 is 10.1 Å². The molecule has 1 aromatic carbocycles. The number of ether oxygens (including phenoxy) is 1. The third-order valence-electron chi connectivity index (χ3n) is 2.21. The molecule has 1 rings (SSSR count). The second-order valence-electron chi connectivity index (χ2n) is 3.40. The van der Waals surface area contributed by atoms with Gasteiger partial charge in [-0.3, -0.25) is 4.79 Å². The van der Waals surface area contributed by atoms with E-state index in [1.165, 1.54) is 0 Å². The van der Waals surface area contributed by atoms with Crippen LogP contribution in [-0.4, -0.2) is 24.2 Å². The first-order valence-electron chi connectivity index (χ1n) is 4.83. The Morgan fingerprint density at radius 1 is 1.62 bits per heavy atom. The van der Waals surface area contributed by atoms with E-state index in [9.17, 15) is 4.79 Å². The van der Waals surface area contributed by atoms with Gasteiger partial charge in [0.15, 0.2) is 0 Å². The van der Waals surface area contributed by atoms with Crippen molar-refractivity contribution in [2.45, 2.75) is 19.5 Å². The van der Waals surface area contributed by atoms with Crippen LogP contribution in [0.15, 0.2) is 18.2 Å². The van der Waals surface area contributed by atoms with Crippen molar-refractivity contribution in [1.82, 2.24) is 5.32 Å². The zero-order valence-electron chi connectivity index (χ0n) is 9.16. The van der Waals surface area contributed by atoms with Crippen LogP contribution in [0.2, 0.25) is 5.02 Å². The number of hydrogen-bond donors (Lipinski definition) is 2. The average molecular weight is 244 g/mol.